The molecule has 0 spiro atoms. The van der Waals surface area contributed by atoms with Gasteiger partial charge >= 0.3 is 7.82 Å². The number of H-pyrrole nitrogens is 1. The summed E-state index contributed by atoms with van der Waals surface area (Å²) in [7, 11) is -5.31. The first kappa shape index (κ1) is 56.4. The van der Waals surface area contributed by atoms with Gasteiger partial charge in [0.25, 0.3) is 0 Å². The normalized spacial score (nSPS) is 21.2. The Labute approximate surface area is 407 Å². The van der Waals surface area contributed by atoms with Crippen LogP contribution >= 0.6 is 19.6 Å². The number of aromatic nitrogens is 3. The van der Waals surface area contributed by atoms with Crippen LogP contribution in [0.2, 0.25) is 0 Å². The molecule has 1 aliphatic rings. The maximum Gasteiger partial charge on any atom is 0.469 e. The maximum absolute atomic E-state index is 14.0. The lowest BCUT2D eigenvalue weighted by molar-refractivity contribution is -0.137. The highest BCUT2D eigenvalue weighted by Gasteiger charge is 2.37. The molecule has 0 radical (unpaired) electrons. The summed E-state index contributed by atoms with van der Waals surface area (Å²) in [5.41, 5.74) is 7.58. The second-order valence-corrected chi connectivity index (χ2v) is 19.3. The lowest BCUT2D eigenvalue weighted by Crippen LogP contribution is -2.62. The molecule has 1 aromatic carbocycles. The summed E-state index contributed by atoms with van der Waals surface area (Å²) in [6.07, 6.45) is 3.53. The molecule has 0 aliphatic carbocycles. The van der Waals surface area contributed by atoms with Crippen molar-refractivity contribution in [1.82, 2.24) is 51.3 Å². The Kier molecular flexibility index (Phi) is 21.5. The number of carbonyl (C=O) groups is 9. The minimum Gasteiger partial charge on any atom is -0.394 e. The SMILES string of the molecule is CC(=O)n1cc(CCNC(=O)CCCCN2CC(=O)N[C@@H](CC(C)C)C(=O)N[C@@H](Cc3cnc[nH]3)C(=O)N[C@@H](CO)C(=O)N[C@@H]([C@@H](C)OP(=O)(O)O)C(=O)N[C@@H](C(N)=O)CSCC2=O)c2ccccc21. The van der Waals surface area contributed by atoms with Crippen LogP contribution < -0.4 is 37.6 Å². The largest absolute Gasteiger partial charge is 0.469 e. The molecule has 27 heteroatoms. The van der Waals surface area contributed by atoms with E-state index in [0.717, 1.165) is 35.2 Å². The Morgan fingerprint density at radius 3 is 2.27 bits per heavy atom. The Bertz CT molecular complexity index is 2390. The number of phosphoric ester groups is 1. The quantitative estimate of drug-likeness (QED) is 0.0521. The number of para-hydroxylation sites is 1. The van der Waals surface area contributed by atoms with Crippen LogP contribution in [0.15, 0.2) is 43.0 Å². The van der Waals surface area contributed by atoms with Crippen LogP contribution in [-0.4, -0.2) is 162 Å². The van der Waals surface area contributed by atoms with Crippen LogP contribution in [-0.2, 0) is 60.3 Å². The number of carbonyl (C=O) groups excluding carboxylic acids is 9. The number of imidazole rings is 1. The van der Waals surface area contributed by atoms with E-state index in [0.29, 0.717) is 18.5 Å². The first-order chi connectivity index (χ1) is 33.1. The van der Waals surface area contributed by atoms with Crippen molar-refractivity contribution in [1.29, 1.82) is 0 Å². The molecule has 1 saturated heterocycles. The molecule has 2 aromatic heterocycles. The third-order valence-corrected chi connectivity index (χ3v) is 12.6. The number of nitrogens with zero attached hydrogens (tertiary/aromatic N) is 3. The van der Waals surface area contributed by atoms with Crippen LogP contribution in [0.25, 0.3) is 10.9 Å². The van der Waals surface area contributed by atoms with Gasteiger partial charge in [-0.2, -0.15) is 0 Å². The second kappa shape index (κ2) is 26.7. The summed E-state index contributed by atoms with van der Waals surface area (Å²) < 4.78 is 18.0. The van der Waals surface area contributed by atoms with Crippen LogP contribution in [0.3, 0.4) is 0 Å². The van der Waals surface area contributed by atoms with Crippen molar-refractivity contribution in [3.8, 4) is 0 Å². The van der Waals surface area contributed by atoms with E-state index in [-0.39, 0.29) is 68.0 Å². The lowest BCUT2D eigenvalue weighted by atomic mass is 10.0. The molecular weight excluding hydrogens is 958 g/mol. The molecule has 1 aliphatic heterocycles. The molecule has 1 fully saturated rings. The van der Waals surface area contributed by atoms with E-state index in [1.54, 1.807) is 24.6 Å². The number of phosphoric acid groups is 1. The second-order valence-electron chi connectivity index (χ2n) is 17.0. The summed E-state index contributed by atoms with van der Waals surface area (Å²) in [5.74, 6) is -8.11. The topological polar surface area (TPSA) is 376 Å². The molecule has 8 amide bonds. The molecule has 6 atom stereocenters. The van der Waals surface area contributed by atoms with Gasteiger partial charge in [-0.1, -0.05) is 32.0 Å². The maximum atomic E-state index is 14.0. The van der Waals surface area contributed by atoms with Gasteiger partial charge in [0, 0.05) is 62.1 Å². The Morgan fingerprint density at radius 2 is 1.63 bits per heavy atom. The average Bonchev–Trinajstić information content (AvgIpc) is 3.94. The van der Waals surface area contributed by atoms with Gasteiger partial charge in [-0.25, -0.2) is 9.55 Å². The number of unbranched alkanes of at least 4 members (excludes halogenated alkanes) is 1. The molecule has 4 rings (SSSR count). The smallest absolute Gasteiger partial charge is 0.394 e. The van der Waals surface area contributed by atoms with E-state index in [1.165, 1.54) is 24.3 Å². The number of thioether (sulfide) groups is 1. The highest BCUT2D eigenvalue weighted by Crippen LogP contribution is 2.38. The summed E-state index contributed by atoms with van der Waals surface area (Å²) in [4.78, 5) is 147. The molecular formula is C43H62N11O14PS. The number of benzene rings is 1. The fourth-order valence-electron chi connectivity index (χ4n) is 7.43. The van der Waals surface area contributed by atoms with Gasteiger partial charge in [0.1, 0.15) is 30.2 Å². The van der Waals surface area contributed by atoms with Crippen molar-refractivity contribution in [2.75, 3.05) is 37.7 Å². The van der Waals surface area contributed by atoms with Crippen molar-refractivity contribution < 1.29 is 67.1 Å². The number of amides is 8. The molecule has 3 heterocycles. The highest BCUT2D eigenvalue weighted by atomic mass is 32.2. The van der Waals surface area contributed by atoms with Gasteiger partial charge < -0.3 is 62.4 Å². The number of primary amides is 1. The predicted octanol–water partition coefficient (Wildman–Crippen LogP) is -1.88. The van der Waals surface area contributed by atoms with E-state index in [9.17, 15) is 62.6 Å². The average molecular weight is 1020 g/mol. The predicted molar refractivity (Wildman–Crippen MR) is 253 cm³/mol. The van der Waals surface area contributed by atoms with E-state index < -0.39 is 98.6 Å². The molecule has 0 bridgehead atoms. The number of fused-ring (bicyclic) bond motifs is 1. The third kappa shape index (κ3) is 17.7. The Hall–Kier alpha value is -6.18. The van der Waals surface area contributed by atoms with Gasteiger partial charge in [0.15, 0.2) is 0 Å². The first-order valence-electron chi connectivity index (χ1n) is 22.4. The molecule has 25 nitrogen and oxygen atoms in total. The summed E-state index contributed by atoms with van der Waals surface area (Å²) in [6, 6.07) is -0.673. The van der Waals surface area contributed by atoms with E-state index in [4.69, 9.17) is 5.73 Å². The minimum absolute atomic E-state index is 0.0288. The zero-order valence-electron chi connectivity index (χ0n) is 39.2. The first-order valence-corrected chi connectivity index (χ1v) is 25.1. The molecule has 70 heavy (non-hydrogen) atoms. The number of nitrogens with one attached hydrogen (secondary N) is 7. The van der Waals surface area contributed by atoms with Crippen molar-refractivity contribution in [3.63, 3.8) is 0 Å². The van der Waals surface area contributed by atoms with Gasteiger partial charge in [-0.3, -0.25) is 52.2 Å². The number of hydrogen-bond acceptors (Lipinski definition) is 14. The van der Waals surface area contributed by atoms with Gasteiger partial charge in [-0.05, 0) is 50.2 Å². The third-order valence-electron chi connectivity index (χ3n) is 10.9. The van der Waals surface area contributed by atoms with Crippen LogP contribution in [0.4, 0.5) is 0 Å². The minimum atomic E-state index is -5.31. The fraction of sp³-hybridized carbons (Fsp3) is 0.535. The Balaban J connectivity index is 1.56. The van der Waals surface area contributed by atoms with Gasteiger partial charge in [0.2, 0.25) is 53.2 Å². The number of rotatable bonds is 17. The molecule has 0 saturated carbocycles. The van der Waals surface area contributed by atoms with Crippen molar-refractivity contribution in [2.45, 2.75) is 103 Å². The zero-order valence-corrected chi connectivity index (χ0v) is 40.9. The molecule has 12 N–H and O–H groups in total. The summed E-state index contributed by atoms with van der Waals surface area (Å²) in [6.45, 7) is 4.68. The molecule has 0 unspecified atom stereocenters. The number of aromatic amines is 1. The van der Waals surface area contributed by atoms with Crippen molar-refractivity contribution in [3.05, 3.63) is 54.2 Å². The van der Waals surface area contributed by atoms with E-state index >= 15 is 0 Å². The van der Waals surface area contributed by atoms with Crippen molar-refractivity contribution in [2.24, 2.45) is 11.7 Å². The van der Waals surface area contributed by atoms with Gasteiger partial charge in [-0.15, -0.1) is 11.8 Å². The van der Waals surface area contributed by atoms with E-state index in [2.05, 4.69) is 46.4 Å². The summed E-state index contributed by atoms with van der Waals surface area (Å²) in [5, 5.41) is 26.0. The van der Waals surface area contributed by atoms with Crippen LogP contribution in [0, 0.1) is 5.92 Å². The Morgan fingerprint density at radius 1 is 0.943 bits per heavy atom. The number of aliphatic hydroxyl groups is 1. The number of hydrogen-bond donors (Lipinski definition) is 11. The standard InChI is InChI=1S/C43H62N11O14PS/c1-24(2)15-30-40(61)49-31(16-28-17-45-23-47-28)41(62)50-32(20-55)42(63)52-38(25(3)68-69(65,66)67)43(64)51-33(39(44)60)21-70-22-37(59)53(19-36(58)48-30)14-8-7-11-35(57)46-13-12-27-18-54(26(4)56)34-10-6-5-9-29(27)34/h5-6,9-10,17-18,23-25,30-33,38,55H,7-8,11-16,19-22H2,1-4H3,(H2,44,60)(H,45,47)(H,46,57)(H,48,58)(H,49,61)(H,50,62)(H,51,64)(H,52,63)(H2,65,66,67)/t25-,30+,31+,32+,33-,38+/m1/s1. The van der Waals surface area contributed by atoms with Crippen LogP contribution in [0.1, 0.15) is 69.4 Å². The fourth-order valence-corrected chi connectivity index (χ4v) is 8.95. The molecule has 384 valence electrons. The van der Waals surface area contributed by atoms with Crippen molar-refractivity contribution >= 4 is 83.7 Å². The highest BCUT2D eigenvalue weighted by molar-refractivity contribution is 8.00. The van der Waals surface area contributed by atoms with Gasteiger partial charge in [0.05, 0.1) is 36.9 Å². The zero-order chi connectivity index (χ0) is 51.7. The molecule has 3 aromatic rings. The monoisotopic (exact) mass is 1020 g/mol. The van der Waals surface area contributed by atoms with Crippen LogP contribution in [0.5, 0.6) is 0 Å². The van der Waals surface area contributed by atoms with E-state index in [1.807, 2.05) is 24.3 Å². The number of nitrogens with two attached hydrogens (primary N) is 1. The lowest BCUT2D eigenvalue weighted by Gasteiger charge is -2.28. The number of aliphatic hydroxyl groups excluding tert-OH is 1. The summed E-state index contributed by atoms with van der Waals surface area (Å²) >= 11 is 0.830.